The van der Waals surface area contributed by atoms with Crippen LogP contribution in [0.3, 0.4) is 0 Å². The molecule has 2 aromatic carbocycles. The van der Waals surface area contributed by atoms with Gasteiger partial charge in [0.2, 0.25) is 10.0 Å². The first-order valence-electron chi connectivity index (χ1n) is 13.5. The smallest absolute Gasteiger partial charge is 0.243 e. The van der Waals surface area contributed by atoms with E-state index in [9.17, 15) is 17.9 Å². The van der Waals surface area contributed by atoms with Gasteiger partial charge < -0.3 is 10.4 Å². The van der Waals surface area contributed by atoms with E-state index in [0.29, 0.717) is 17.7 Å². The van der Waals surface area contributed by atoms with E-state index >= 15 is 0 Å². The number of sulfonamides is 1. The number of fused-ring (bicyclic) bond motifs is 1. The molecule has 1 fully saturated rings. The zero-order valence-corrected chi connectivity index (χ0v) is 22.8. The van der Waals surface area contributed by atoms with Crippen molar-refractivity contribution in [2.75, 3.05) is 13.6 Å². The molecule has 2 aliphatic rings. The number of rotatable bonds is 7. The number of hydrogen-bond acceptors (Lipinski definition) is 5. The van der Waals surface area contributed by atoms with Gasteiger partial charge in [0.05, 0.1) is 0 Å². The number of aromatic nitrogens is 1. The van der Waals surface area contributed by atoms with E-state index < -0.39 is 15.8 Å². The average Bonchev–Trinajstić information content (AvgIpc) is 2.94. The van der Waals surface area contributed by atoms with Crippen molar-refractivity contribution in [2.45, 2.75) is 68.2 Å². The van der Waals surface area contributed by atoms with Crippen molar-refractivity contribution in [1.29, 1.82) is 0 Å². The molecule has 38 heavy (non-hydrogen) atoms. The summed E-state index contributed by atoms with van der Waals surface area (Å²) in [4.78, 5) is 3.98. The molecule has 0 bridgehead atoms. The van der Waals surface area contributed by atoms with Gasteiger partial charge in [-0.25, -0.2) is 17.5 Å². The molecule has 0 aliphatic heterocycles. The van der Waals surface area contributed by atoms with E-state index in [1.54, 1.807) is 0 Å². The van der Waals surface area contributed by atoms with Crippen molar-refractivity contribution in [2.24, 2.45) is 5.92 Å². The molecule has 2 atom stereocenters. The van der Waals surface area contributed by atoms with Crippen molar-refractivity contribution in [3.05, 3.63) is 89.5 Å². The Morgan fingerprint density at radius 1 is 1.03 bits per heavy atom. The normalized spacial score (nSPS) is 19.7. The highest BCUT2D eigenvalue weighted by molar-refractivity contribution is 7.89. The van der Waals surface area contributed by atoms with Crippen molar-refractivity contribution in [3.8, 4) is 5.75 Å². The standard InChI is InChI=1S/C23H30N2O.C7H8FNO2S/c26-20-9-10-21-19(14-20)8-11-23(25-16-17-5-2-1-3-6-17)22(21)13-18-7-4-12-24-15-18;1-9-12(10,11)7-5-3-2-4-6(7)8/h4,7,9-10,12,14-15,17,22-23,25-26H,1-3,5-6,8,11,13,16H2;2-5,9H,1H3. The first-order chi connectivity index (χ1) is 18.4. The largest absolute Gasteiger partial charge is 0.508 e. The topological polar surface area (TPSA) is 91.3 Å². The van der Waals surface area contributed by atoms with Gasteiger partial charge >= 0.3 is 0 Å². The lowest BCUT2D eigenvalue weighted by Gasteiger charge is -2.36. The highest BCUT2D eigenvalue weighted by atomic mass is 32.2. The van der Waals surface area contributed by atoms with E-state index in [-0.39, 0.29) is 4.90 Å². The third-order valence-electron chi connectivity index (χ3n) is 7.70. The maximum absolute atomic E-state index is 12.9. The Bertz CT molecular complexity index is 1280. The lowest BCUT2D eigenvalue weighted by Crippen LogP contribution is -2.41. The predicted molar refractivity (Wildman–Crippen MR) is 148 cm³/mol. The number of benzene rings is 2. The lowest BCUT2D eigenvalue weighted by atomic mass is 9.76. The fraction of sp³-hybridized carbons (Fsp3) is 0.433. The number of hydrogen-bond donors (Lipinski definition) is 3. The van der Waals surface area contributed by atoms with Crippen LogP contribution in [0.15, 0.2) is 71.9 Å². The van der Waals surface area contributed by atoms with Crippen LogP contribution in [0.1, 0.15) is 61.1 Å². The number of aromatic hydroxyl groups is 1. The zero-order chi connectivity index (χ0) is 27.0. The van der Waals surface area contributed by atoms with Crippen LogP contribution in [0.4, 0.5) is 4.39 Å². The minimum atomic E-state index is -3.65. The summed E-state index contributed by atoms with van der Waals surface area (Å²) in [6.45, 7) is 1.15. The molecule has 1 aromatic heterocycles. The summed E-state index contributed by atoms with van der Waals surface area (Å²) in [7, 11) is -2.42. The molecule has 6 nitrogen and oxygen atoms in total. The molecule has 2 unspecified atom stereocenters. The third kappa shape index (κ3) is 7.40. The first kappa shape index (κ1) is 28.2. The number of pyridine rings is 1. The second-order valence-electron chi connectivity index (χ2n) is 10.3. The van der Waals surface area contributed by atoms with Gasteiger partial charge in [-0.3, -0.25) is 4.98 Å². The minimum Gasteiger partial charge on any atom is -0.508 e. The number of nitrogens with zero attached hydrogens (tertiary/aromatic N) is 1. The fourth-order valence-electron chi connectivity index (χ4n) is 5.65. The van der Waals surface area contributed by atoms with Gasteiger partial charge in [0.25, 0.3) is 0 Å². The van der Waals surface area contributed by atoms with Crippen LogP contribution in [-0.4, -0.2) is 38.1 Å². The third-order valence-corrected chi connectivity index (χ3v) is 9.15. The highest BCUT2D eigenvalue weighted by Crippen LogP contribution is 2.36. The monoisotopic (exact) mass is 539 g/mol. The number of phenols is 1. The summed E-state index contributed by atoms with van der Waals surface area (Å²) < 4.78 is 37.0. The van der Waals surface area contributed by atoms with E-state index in [1.165, 1.54) is 74.0 Å². The second kappa shape index (κ2) is 13.3. The fourth-order valence-corrected chi connectivity index (χ4v) is 6.45. The summed E-state index contributed by atoms with van der Waals surface area (Å²) in [6, 6.07) is 15.9. The van der Waals surface area contributed by atoms with Gasteiger partial charge in [-0.15, -0.1) is 0 Å². The average molecular weight is 540 g/mol. The molecule has 0 saturated heterocycles. The summed E-state index contributed by atoms with van der Waals surface area (Å²) in [5.74, 6) is 0.945. The van der Waals surface area contributed by atoms with Crippen molar-refractivity contribution >= 4 is 10.0 Å². The summed E-state index contributed by atoms with van der Waals surface area (Å²) in [6.07, 6.45) is 14.0. The maximum Gasteiger partial charge on any atom is 0.243 e. The van der Waals surface area contributed by atoms with Crippen LogP contribution in [0, 0.1) is 11.7 Å². The molecule has 8 heteroatoms. The van der Waals surface area contributed by atoms with E-state index in [1.807, 2.05) is 35.3 Å². The van der Waals surface area contributed by atoms with E-state index in [4.69, 9.17) is 0 Å². The Balaban J connectivity index is 0.000000236. The number of phenolic OH excluding ortho intramolecular Hbond substituents is 1. The van der Waals surface area contributed by atoms with Gasteiger partial charge in [0.15, 0.2) is 0 Å². The summed E-state index contributed by atoms with van der Waals surface area (Å²) in [5.41, 5.74) is 4.01. The molecule has 0 radical (unpaired) electrons. The highest BCUT2D eigenvalue weighted by Gasteiger charge is 2.30. The van der Waals surface area contributed by atoms with Crippen molar-refractivity contribution in [3.63, 3.8) is 0 Å². The zero-order valence-electron chi connectivity index (χ0n) is 21.9. The quantitative estimate of drug-likeness (QED) is 0.377. The lowest BCUT2D eigenvalue weighted by molar-refractivity contribution is 0.301. The predicted octanol–water partition coefficient (Wildman–Crippen LogP) is 5.33. The first-order valence-corrected chi connectivity index (χ1v) is 15.0. The summed E-state index contributed by atoms with van der Waals surface area (Å²) in [5, 5.41) is 13.8. The molecule has 5 rings (SSSR count). The maximum atomic E-state index is 12.9. The van der Waals surface area contributed by atoms with Crippen LogP contribution in [0.5, 0.6) is 5.75 Å². The molecular weight excluding hydrogens is 501 g/mol. The number of aryl methyl sites for hydroxylation is 1. The Hall–Kier alpha value is -2.81. The van der Waals surface area contributed by atoms with Crippen LogP contribution in [-0.2, 0) is 22.9 Å². The van der Waals surface area contributed by atoms with E-state index in [0.717, 1.165) is 37.8 Å². The Morgan fingerprint density at radius 3 is 2.53 bits per heavy atom. The molecule has 3 aromatic rings. The SMILES string of the molecule is CNS(=O)(=O)c1ccccc1F.Oc1ccc2c(c1)CCC(NCC1CCCCC1)C2Cc1cccnc1. The molecule has 2 aliphatic carbocycles. The Labute approximate surface area is 225 Å². The molecule has 1 saturated carbocycles. The molecule has 3 N–H and O–H groups in total. The van der Waals surface area contributed by atoms with E-state index in [2.05, 4.69) is 22.4 Å². The van der Waals surface area contributed by atoms with Crippen LogP contribution in [0.2, 0.25) is 0 Å². The molecule has 0 spiro atoms. The Kier molecular flexibility index (Phi) is 9.88. The summed E-state index contributed by atoms with van der Waals surface area (Å²) >= 11 is 0. The number of halogens is 1. The van der Waals surface area contributed by atoms with Gasteiger partial charge in [-0.05, 0) is 98.6 Å². The molecule has 1 heterocycles. The second-order valence-corrected chi connectivity index (χ2v) is 12.1. The van der Waals surface area contributed by atoms with Gasteiger partial charge in [0.1, 0.15) is 16.5 Å². The van der Waals surface area contributed by atoms with Crippen LogP contribution >= 0.6 is 0 Å². The van der Waals surface area contributed by atoms with Gasteiger partial charge in [-0.2, -0.15) is 0 Å². The van der Waals surface area contributed by atoms with Crippen molar-refractivity contribution in [1.82, 2.24) is 15.0 Å². The molecular formula is C30H38FN3O3S. The van der Waals surface area contributed by atoms with Gasteiger partial charge in [-0.1, -0.05) is 43.5 Å². The van der Waals surface area contributed by atoms with Gasteiger partial charge in [0, 0.05) is 24.4 Å². The Morgan fingerprint density at radius 2 is 1.82 bits per heavy atom. The van der Waals surface area contributed by atoms with Crippen LogP contribution < -0.4 is 10.0 Å². The van der Waals surface area contributed by atoms with Crippen LogP contribution in [0.25, 0.3) is 0 Å². The molecule has 0 amide bonds. The number of nitrogens with one attached hydrogen (secondary N) is 2. The minimum absolute atomic E-state index is 0.326. The van der Waals surface area contributed by atoms with Crippen molar-refractivity contribution < 1.29 is 17.9 Å². The molecule has 204 valence electrons.